The third-order valence-corrected chi connectivity index (χ3v) is 5.06. The van der Waals surface area contributed by atoms with Crippen molar-refractivity contribution in [3.8, 4) is 0 Å². The van der Waals surface area contributed by atoms with Crippen LogP contribution in [0.15, 0.2) is 64.3 Å². The number of aryl methyl sites for hydroxylation is 1. The molecule has 0 bridgehead atoms. The van der Waals surface area contributed by atoms with Crippen LogP contribution in [-0.4, -0.2) is 33.7 Å². The molecule has 2 N–H and O–H groups in total. The fourth-order valence-corrected chi connectivity index (χ4v) is 3.56. The first-order valence-corrected chi connectivity index (χ1v) is 9.66. The molecule has 8 heteroatoms. The van der Waals surface area contributed by atoms with E-state index in [-0.39, 0.29) is 18.9 Å². The molecule has 0 aliphatic rings. The number of rotatable bonds is 7. The summed E-state index contributed by atoms with van der Waals surface area (Å²) in [5, 5.41) is 4.31. The van der Waals surface area contributed by atoms with Crippen LogP contribution in [0.5, 0.6) is 0 Å². The second-order valence-electron chi connectivity index (χ2n) is 7.00. The van der Waals surface area contributed by atoms with Crippen molar-refractivity contribution in [2.75, 3.05) is 19.0 Å². The number of aromatic nitrogens is 3. The van der Waals surface area contributed by atoms with Gasteiger partial charge in [-0.1, -0.05) is 12.1 Å². The van der Waals surface area contributed by atoms with Crippen molar-refractivity contribution in [3.05, 3.63) is 75.6 Å². The maximum Gasteiger partial charge on any atom is 0.328 e. The molecule has 154 valence electrons. The first-order valence-electron chi connectivity index (χ1n) is 9.66. The average Bonchev–Trinajstić information content (AvgIpc) is 3.14. The molecule has 2 aromatic heterocycles. The average molecular weight is 406 g/mol. The Morgan fingerprint density at radius 2 is 1.90 bits per heavy atom. The van der Waals surface area contributed by atoms with Crippen LogP contribution in [0.3, 0.4) is 0 Å². The Kier molecular flexibility index (Phi) is 5.49. The van der Waals surface area contributed by atoms with Crippen LogP contribution in [0.1, 0.15) is 6.42 Å². The molecule has 0 unspecified atom stereocenters. The van der Waals surface area contributed by atoms with Gasteiger partial charge in [0.25, 0.3) is 5.56 Å². The summed E-state index contributed by atoms with van der Waals surface area (Å²) in [5.74, 6) is -0.213. The van der Waals surface area contributed by atoms with E-state index in [9.17, 15) is 14.4 Å². The van der Waals surface area contributed by atoms with Crippen molar-refractivity contribution in [2.45, 2.75) is 19.5 Å². The highest BCUT2D eigenvalue weighted by atomic mass is 16.5. The van der Waals surface area contributed by atoms with Crippen LogP contribution in [0.25, 0.3) is 21.8 Å². The van der Waals surface area contributed by atoms with Gasteiger partial charge in [-0.3, -0.25) is 19.1 Å². The van der Waals surface area contributed by atoms with Crippen molar-refractivity contribution in [1.82, 2.24) is 14.1 Å². The normalized spacial score (nSPS) is 11.2. The van der Waals surface area contributed by atoms with Crippen molar-refractivity contribution < 1.29 is 9.53 Å². The minimum absolute atomic E-state index is 0.100. The number of H-pyrrole nitrogens is 1. The Bertz CT molecular complexity index is 1330. The minimum atomic E-state index is -0.523. The lowest BCUT2D eigenvalue weighted by Crippen LogP contribution is -2.31. The molecule has 4 aromatic rings. The van der Waals surface area contributed by atoms with Crippen LogP contribution >= 0.6 is 0 Å². The molecule has 0 atom stereocenters. The van der Waals surface area contributed by atoms with Crippen molar-refractivity contribution >= 4 is 33.4 Å². The molecular formula is C22H22N4O4. The summed E-state index contributed by atoms with van der Waals surface area (Å²) in [6, 6.07) is 14.6. The highest BCUT2D eigenvalue weighted by Crippen LogP contribution is 2.21. The van der Waals surface area contributed by atoms with Crippen molar-refractivity contribution in [1.29, 1.82) is 0 Å². The first-order chi connectivity index (χ1) is 14.6. The number of methoxy groups -OCH3 is 1. The van der Waals surface area contributed by atoms with E-state index in [1.165, 1.54) is 4.57 Å². The van der Waals surface area contributed by atoms with Gasteiger partial charge < -0.3 is 14.6 Å². The number of carbonyl (C=O) groups excluding carboxylic acids is 1. The Morgan fingerprint density at radius 3 is 2.73 bits per heavy atom. The number of benzene rings is 2. The highest BCUT2D eigenvalue weighted by Gasteiger charge is 2.10. The molecule has 0 saturated carbocycles. The molecule has 2 aromatic carbocycles. The Hall–Kier alpha value is -3.65. The maximum atomic E-state index is 12.5. The topological polar surface area (TPSA) is 98.1 Å². The standard InChI is InChI=1S/C22H22N4O4/c1-30-13-12-25-10-8-15-14-16(6-7-18(15)25)23-20(27)9-11-26-19-5-3-2-4-17(19)21(28)24-22(26)29/h2-8,10,14H,9,11-13H2,1H3,(H,23,27)(H,24,28,29). The van der Waals surface area contributed by atoms with Gasteiger partial charge in [-0.25, -0.2) is 4.79 Å². The van der Waals surface area contributed by atoms with E-state index < -0.39 is 11.2 Å². The number of para-hydroxylation sites is 1. The lowest BCUT2D eigenvalue weighted by Gasteiger charge is -2.10. The molecule has 0 aliphatic carbocycles. The zero-order chi connectivity index (χ0) is 21.1. The quantitative estimate of drug-likeness (QED) is 0.492. The number of amides is 1. The Morgan fingerprint density at radius 1 is 1.07 bits per heavy atom. The van der Waals surface area contributed by atoms with Crippen LogP contribution in [0.4, 0.5) is 5.69 Å². The summed E-state index contributed by atoms with van der Waals surface area (Å²) in [7, 11) is 1.67. The van der Waals surface area contributed by atoms with E-state index >= 15 is 0 Å². The molecule has 1 amide bonds. The predicted octanol–water partition coefficient (Wildman–Crippen LogP) is 2.32. The summed E-state index contributed by atoms with van der Waals surface area (Å²) >= 11 is 0. The molecule has 0 radical (unpaired) electrons. The summed E-state index contributed by atoms with van der Waals surface area (Å²) < 4.78 is 8.63. The zero-order valence-corrected chi connectivity index (χ0v) is 16.6. The third-order valence-electron chi connectivity index (χ3n) is 5.06. The van der Waals surface area contributed by atoms with Crippen LogP contribution in [-0.2, 0) is 22.6 Å². The Labute approximate surface area is 171 Å². The molecule has 0 fully saturated rings. The predicted molar refractivity (Wildman–Crippen MR) is 116 cm³/mol. The van der Waals surface area contributed by atoms with E-state index in [0.717, 1.165) is 17.4 Å². The number of hydrogen-bond acceptors (Lipinski definition) is 4. The smallest absolute Gasteiger partial charge is 0.328 e. The second-order valence-corrected chi connectivity index (χ2v) is 7.00. The molecule has 4 rings (SSSR count). The number of hydrogen-bond donors (Lipinski definition) is 2. The van der Waals surface area contributed by atoms with Gasteiger partial charge in [0.2, 0.25) is 5.91 Å². The molecular weight excluding hydrogens is 384 g/mol. The monoisotopic (exact) mass is 406 g/mol. The zero-order valence-electron chi connectivity index (χ0n) is 16.6. The fraction of sp³-hybridized carbons (Fsp3) is 0.227. The minimum Gasteiger partial charge on any atom is -0.383 e. The lowest BCUT2D eigenvalue weighted by molar-refractivity contribution is -0.116. The lowest BCUT2D eigenvalue weighted by atomic mass is 10.2. The van der Waals surface area contributed by atoms with Crippen molar-refractivity contribution in [2.24, 2.45) is 0 Å². The van der Waals surface area contributed by atoms with Gasteiger partial charge in [-0.05, 0) is 36.4 Å². The number of nitrogens with zero attached hydrogens (tertiary/aromatic N) is 2. The molecule has 0 aliphatic heterocycles. The summed E-state index contributed by atoms with van der Waals surface area (Å²) in [6.45, 7) is 1.55. The summed E-state index contributed by atoms with van der Waals surface area (Å²) in [4.78, 5) is 38.9. The largest absolute Gasteiger partial charge is 0.383 e. The number of nitrogens with one attached hydrogen (secondary N) is 2. The van der Waals surface area contributed by atoms with Gasteiger partial charge in [-0.15, -0.1) is 0 Å². The van der Waals surface area contributed by atoms with Crippen LogP contribution < -0.4 is 16.6 Å². The van der Waals surface area contributed by atoms with Gasteiger partial charge in [0.15, 0.2) is 0 Å². The van der Waals surface area contributed by atoms with Crippen molar-refractivity contribution in [3.63, 3.8) is 0 Å². The van der Waals surface area contributed by atoms with Gasteiger partial charge in [0.05, 0.1) is 17.5 Å². The summed E-state index contributed by atoms with van der Waals surface area (Å²) in [6.07, 6.45) is 2.09. The molecule has 30 heavy (non-hydrogen) atoms. The van der Waals surface area contributed by atoms with Gasteiger partial charge in [0.1, 0.15) is 0 Å². The molecule has 2 heterocycles. The van der Waals surface area contributed by atoms with E-state index in [4.69, 9.17) is 4.74 Å². The van der Waals surface area contributed by atoms with Gasteiger partial charge in [-0.2, -0.15) is 0 Å². The molecule has 8 nitrogen and oxygen atoms in total. The number of aromatic amines is 1. The third kappa shape index (κ3) is 3.90. The van der Waals surface area contributed by atoms with E-state index in [2.05, 4.69) is 14.9 Å². The number of carbonyl (C=O) groups is 1. The van der Waals surface area contributed by atoms with Crippen LogP contribution in [0, 0.1) is 0 Å². The summed E-state index contributed by atoms with van der Waals surface area (Å²) in [5.41, 5.74) is 1.32. The van der Waals surface area contributed by atoms with Gasteiger partial charge >= 0.3 is 5.69 Å². The number of ether oxygens (including phenoxy) is 1. The SMILES string of the molecule is COCCn1ccc2cc(NC(=O)CCn3c(=O)[nH]c(=O)c4ccccc43)ccc21. The first kappa shape index (κ1) is 19.7. The highest BCUT2D eigenvalue weighted by molar-refractivity contribution is 5.94. The van der Waals surface area contributed by atoms with Crippen LogP contribution in [0.2, 0.25) is 0 Å². The number of anilines is 1. The second kappa shape index (κ2) is 8.38. The Balaban J connectivity index is 1.48. The fourth-order valence-electron chi connectivity index (χ4n) is 3.56. The van der Waals surface area contributed by atoms with Gasteiger partial charge in [0, 0.05) is 49.4 Å². The van der Waals surface area contributed by atoms with E-state index in [1.54, 1.807) is 31.4 Å². The molecule has 0 saturated heterocycles. The maximum absolute atomic E-state index is 12.5. The van der Waals surface area contributed by atoms with E-state index in [0.29, 0.717) is 23.2 Å². The van der Waals surface area contributed by atoms with E-state index in [1.807, 2.05) is 30.5 Å². The number of fused-ring (bicyclic) bond motifs is 2. The molecule has 0 spiro atoms.